The van der Waals surface area contributed by atoms with Crippen molar-refractivity contribution in [1.29, 1.82) is 5.26 Å². The van der Waals surface area contributed by atoms with E-state index in [0.29, 0.717) is 30.2 Å². The van der Waals surface area contributed by atoms with Gasteiger partial charge in [0.15, 0.2) is 0 Å². The van der Waals surface area contributed by atoms with Gasteiger partial charge in [0.2, 0.25) is 0 Å². The summed E-state index contributed by atoms with van der Waals surface area (Å²) in [5, 5.41) is 9.24. The Morgan fingerprint density at radius 3 is 2.52 bits per heavy atom. The van der Waals surface area contributed by atoms with Crippen molar-refractivity contribution in [2.24, 2.45) is 0 Å². The van der Waals surface area contributed by atoms with Crippen molar-refractivity contribution in [1.82, 2.24) is 9.80 Å². The molecule has 0 unspecified atom stereocenters. The molecule has 2 rings (SSSR count). The molecule has 1 aliphatic heterocycles. The van der Waals surface area contributed by atoms with Crippen LogP contribution in [0.15, 0.2) is 18.2 Å². The third kappa shape index (κ3) is 3.34. The van der Waals surface area contributed by atoms with E-state index in [1.165, 1.54) is 4.90 Å². The molecular weight excluding hydrogens is 290 g/mol. The lowest BCUT2D eigenvalue weighted by Gasteiger charge is -2.33. The van der Waals surface area contributed by atoms with E-state index in [2.05, 4.69) is 0 Å². The second-order valence-electron chi connectivity index (χ2n) is 4.94. The van der Waals surface area contributed by atoms with Crippen molar-refractivity contribution >= 4 is 23.4 Å². The van der Waals surface area contributed by atoms with Gasteiger partial charge in [-0.3, -0.25) is 9.59 Å². The molecule has 1 aromatic carbocycles. The number of nitriles is 1. The van der Waals surface area contributed by atoms with Crippen LogP contribution in [0.1, 0.15) is 24.5 Å². The molecule has 2 amide bonds. The zero-order valence-corrected chi connectivity index (χ0v) is 12.6. The van der Waals surface area contributed by atoms with E-state index >= 15 is 0 Å². The van der Waals surface area contributed by atoms with Crippen LogP contribution in [-0.4, -0.2) is 41.2 Å². The van der Waals surface area contributed by atoms with Crippen LogP contribution in [0.25, 0.3) is 0 Å². The zero-order valence-electron chi connectivity index (χ0n) is 11.8. The van der Waals surface area contributed by atoms with Crippen LogP contribution in [0.4, 0.5) is 0 Å². The largest absolute Gasteiger partial charge is 0.333 e. The molecule has 1 aliphatic rings. The fourth-order valence-corrected chi connectivity index (χ4v) is 2.54. The molecule has 0 saturated carbocycles. The Kier molecular flexibility index (Phi) is 4.81. The average Bonchev–Trinajstić information content (AvgIpc) is 2.48. The number of carbonyl (C=O) groups excluding carboxylic acids is 2. The van der Waals surface area contributed by atoms with Gasteiger partial charge in [0, 0.05) is 31.2 Å². The van der Waals surface area contributed by atoms with E-state index in [1.54, 1.807) is 23.1 Å². The molecule has 0 atom stereocenters. The summed E-state index contributed by atoms with van der Waals surface area (Å²) in [7, 11) is 0. The molecule has 1 saturated heterocycles. The molecule has 110 valence electrons. The molecule has 0 N–H and O–H groups in total. The number of carbonyl (C=O) groups is 2. The number of hydrogen-bond donors (Lipinski definition) is 0. The first-order valence-corrected chi connectivity index (χ1v) is 7.21. The number of rotatable bonds is 4. The van der Waals surface area contributed by atoms with Crippen LogP contribution in [-0.2, 0) is 16.1 Å². The number of benzene rings is 1. The van der Waals surface area contributed by atoms with Crippen LogP contribution >= 0.6 is 11.6 Å². The van der Waals surface area contributed by atoms with E-state index in [-0.39, 0.29) is 6.54 Å². The number of amides is 2. The van der Waals surface area contributed by atoms with Crippen molar-refractivity contribution in [3.8, 4) is 6.07 Å². The van der Waals surface area contributed by atoms with Crippen LogP contribution in [0.5, 0.6) is 0 Å². The summed E-state index contributed by atoms with van der Waals surface area (Å²) >= 11 is 6.11. The lowest BCUT2D eigenvalue weighted by molar-refractivity contribution is -0.156. The zero-order chi connectivity index (χ0) is 15.4. The van der Waals surface area contributed by atoms with Crippen LogP contribution in [0.3, 0.4) is 0 Å². The highest BCUT2D eigenvalue weighted by Crippen LogP contribution is 2.20. The van der Waals surface area contributed by atoms with Crippen molar-refractivity contribution < 1.29 is 9.59 Å². The van der Waals surface area contributed by atoms with Crippen molar-refractivity contribution in [2.75, 3.05) is 19.6 Å². The highest BCUT2D eigenvalue weighted by atomic mass is 35.5. The average molecular weight is 306 g/mol. The van der Waals surface area contributed by atoms with E-state index in [9.17, 15) is 9.59 Å². The fourth-order valence-electron chi connectivity index (χ4n) is 2.30. The van der Waals surface area contributed by atoms with Gasteiger partial charge >= 0.3 is 11.8 Å². The van der Waals surface area contributed by atoms with Gasteiger partial charge in [-0.25, -0.2) is 0 Å². The quantitative estimate of drug-likeness (QED) is 0.797. The molecule has 0 radical (unpaired) electrons. The standard InChI is InChI=1S/C15H16ClN3O2/c1-2-5-18-6-7-19(15(21)14(18)20)10-12-4-3-11(9-17)8-13(12)16/h3-4,8H,2,5-7,10H2,1H3. The van der Waals surface area contributed by atoms with Gasteiger partial charge in [0.1, 0.15) is 0 Å². The number of piperazine rings is 1. The Morgan fingerprint density at radius 1 is 1.24 bits per heavy atom. The Morgan fingerprint density at radius 2 is 1.90 bits per heavy atom. The Bertz CT molecular complexity index is 609. The van der Waals surface area contributed by atoms with Crippen LogP contribution in [0, 0.1) is 11.3 Å². The first-order valence-electron chi connectivity index (χ1n) is 6.83. The van der Waals surface area contributed by atoms with Gasteiger partial charge in [-0.15, -0.1) is 0 Å². The summed E-state index contributed by atoms with van der Waals surface area (Å²) in [6.45, 7) is 3.92. The first kappa shape index (κ1) is 15.3. The second kappa shape index (κ2) is 6.59. The second-order valence-corrected chi connectivity index (χ2v) is 5.34. The minimum Gasteiger partial charge on any atom is -0.333 e. The normalized spacial score (nSPS) is 15.3. The van der Waals surface area contributed by atoms with E-state index in [1.807, 2.05) is 13.0 Å². The van der Waals surface area contributed by atoms with Gasteiger partial charge in [-0.2, -0.15) is 5.26 Å². The summed E-state index contributed by atoms with van der Waals surface area (Å²) in [5.74, 6) is -0.942. The Hall–Kier alpha value is -2.06. The van der Waals surface area contributed by atoms with Crippen molar-refractivity contribution in [3.63, 3.8) is 0 Å². The minimum absolute atomic E-state index is 0.287. The molecule has 6 heteroatoms. The van der Waals surface area contributed by atoms with Crippen molar-refractivity contribution in [3.05, 3.63) is 34.3 Å². The lowest BCUT2D eigenvalue weighted by Crippen LogP contribution is -2.53. The summed E-state index contributed by atoms with van der Waals surface area (Å²) in [6, 6.07) is 6.95. The lowest BCUT2D eigenvalue weighted by atomic mass is 10.1. The minimum atomic E-state index is -0.491. The predicted octanol–water partition coefficient (Wildman–Crippen LogP) is 1.79. The van der Waals surface area contributed by atoms with Gasteiger partial charge in [-0.05, 0) is 24.1 Å². The highest BCUT2D eigenvalue weighted by molar-refractivity contribution is 6.35. The number of hydrogen-bond acceptors (Lipinski definition) is 3. The molecule has 0 aliphatic carbocycles. The maximum atomic E-state index is 12.1. The smallest absolute Gasteiger partial charge is 0.312 e. The third-order valence-corrected chi connectivity index (χ3v) is 3.79. The third-order valence-electron chi connectivity index (χ3n) is 3.43. The topological polar surface area (TPSA) is 64.4 Å². The van der Waals surface area contributed by atoms with Gasteiger partial charge < -0.3 is 9.80 Å². The van der Waals surface area contributed by atoms with Gasteiger partial charge in [-0.1, -0.05) is 24.6 Å². The SMILES string of the molecule is CCCN1CCN(Cc2ccc(C#N)cc2Cl)C(=O)C1=O. The summed E-state index contributed by atoms with van der Waals surface area (Å²) in [5.41, 5.74) is 1.21. The summed E-state index contributed by atoms with van der Waals surface area (Å²) < 4.78 is 0. The van der Waals surface area contributed by atoms with E-state index < -0.39 is 11.8 Å². The molecule has 1 heterocycles. The highest BCUT2D eigenvalue weighted by Gasteiger charge is 2.32. The molecule has 0 bridgehead atoms. The molecular formula is C15H16ClN3O2. The summed E-state index contributed by atoms with van der Waals surface area (Å²) in [4.78, 5) is 27.1. The molecule has 0 aromatic heterocycles. The fraction of sp³-hybridized carbons (Fsp3) is 0.400. The number of nitrogens with zero attached hydrogens (tertiary/aromatic N) is 3. The first-order chi connectivity index (χ1) is 10.1. The molecule has 21 heavy (non-hydrogen) atoms. The van der Waals surface area contributed by atoms with Crippen molar-refractivity contribution in [2.45, 2.75) is 19.9 Å². The van der Waals surface area contributed by atoms with Crippen LogP contribution in [0.2, 0.25) is 5.02 Å². The van der Waals surface area contributed by atoms with E-state index in [0.717, 1.165) is 12.0 Å². The molecule has 1 fully saturated rings. The molecule has 1 aromatic rings. The maximum Gasteiger partial charge on any atom is 0.312 e. The summed E-state index contributed by atoms with van der Waals surface area (Å²) in [6.07, 6.45) is 0.834. The monoisotopic (exact) mass is 305 g/mol. The predicted molar refractivity (Wildman–Crippen MR) is 78.5 cm³/mol. The molecule has 0 spiro atoms. The maximum absolute atomic E-state index is 12.1. The Balaban J connectivity index is 2.09. The van der Waals surface area contributed by atoms with Gasteiger partial charge in [0.05, 0.1) is 11.6 Å². The number of halogens is 1. The Labute approximate surface area is 128 Å². The van der Waals surface area contributed by atoms with Crippen LogP contribution < -0.4 is 0 Å². The van der Waals surface area contributed by atoms with E-state index in [4.69, 9.17) is 16.9 Å². The molecule has 5 nitrogen and oxygen atoms in total. The van der Waals surface area contributed by atoms with Gasteiger partial charge in [0.25, 0.3) is 0 Å².